The Morgan fingerprint density at radius 1 is 0.193 bits per heavy atom. The highest BCUT2D eigenvalue weighted by Gasteiger charge is 2.10. The number of nitrogens with zero attached hydrogens (tertiary/aromatic N) is 14. The lowest BCUT2D eigenvalue weighted by Crippen LogP contribution is -1.97. The highest BCUT2D eigenvalue weighted by atomic mass is 15.0. The first kappa shape index (κ1) is 116. The summed E-state index contributed by atoms with van der Waals surface area (Å²) in [6.45, 7) is 82.0. The largest absolute Gasteiger partial charge is 0.264 e. The van der Waals surface area contributed by atoms with Crippen molar-refractivity contribution >= 4 is 54.1 Å². The molecule has 119 heavy (non-hydrogen) atoms. The highest BCUT2D eigenvalue weighted by Crippen LogP contribution is 2.37. The summed E-state index contributed by atoms with van der Waals surface area (Å²) in [5.41, 5.74) is 21.8. The van der Waals surface area contributed by atoms with Gasteiger partial charge < -0.3 is 0 Å². The average Bonchev–Trinajstić information content (AvgIpc) is 0.737. The molecule has 0 aliphatic carbocycles. The molecule has 6 aromatic carbocycles. The molecule has 0 radical (unpaired) electrons. The minimum Gasteiger partial charge on any atom is -0.264 e. The topological polar surface area (TPSA) is 180 Å². The second kappa shape index (κ2) is 72.1. The molecule has 0 fully saturated rings. The molecular formula is C105H156N14. The summed E-state index contributed by atoms with van der Waals surface area (Å²) in [5, 5.41) is 10.8. The molecule has 14 heteroatoms. The van der Waals surface area contributed by atoms with Crippen LogP contribution in [0.25, 0.3) is 54.1 Å². The highest BCUT2D eigenvalue weighted by molar-refractivity contribution is 6.24. The molecule has 0 saturated heterocycles. The van der Waals surface area contributed by atoms with E-state index >= 15 is 0 Å². The number of hydrogen-bond acceptors (Lipinski definition) is 14. The Morgan fingerprint density at radius 3 is 0.933 bits per heavy atom. The number of pyridine rings is 5. The van der Waals surface area contributed by atoms with Gasteiger partial charge in [0.2, 0.25) is 0 Å². The third-order valence-corrected chi connectivity index (χ3v) is 15.1. The molecule has 646 valence electrons. The van der Waals surface area contributed by atoms with E-state index in [2.05, 4.69) is 201 Å². The summed E-state index contributed by atoms with van der Waals surface area (Å²) in [6, 6.07) is 48.8. The molecule has 0 aliphatic rings. The first-order chi connectivity index (χ1) is 57.2. The second-order valence-electron chi connectivity index (χ2n) is 24.7. The summed E-state index contributed by atoms with van der Waals surface area (Å²) >= 11 is 0. The lowest BCUT2D eigenvalue weighted by Gasteiger charge is -2.13. The minimum absolute atomic E-state index is 0.792. The molecule has 15 aromatic rings. The van der Waals surface area contributed by atoms with Gasteiger partial charge in [-0.25, -0.2) is 24.9 Å². The van der Waals surface area contributed by atoms with E-state index in [0.29, 0.717) is 0 Å². The van der Waals surface area contributed by atoms with Crippen molar-refractivity contribution in [2.24, 2.45) is 0 Å². The average molecular weight is 1610 g/mol. The fraction of sp³-hybridized carbons (Fsp3) is 0.390. The molecular weight excluding hydrogens is 1460 g/mol. The molecule has 0 spiro atoms. The Kier molecular flexibility index (Phi) is 70.6. The summed E-state index contributed by atoms with van der Waals surface area (Å²) in [4.78, 5) is 57.1. The molecule has 0 amide bonds. The van der Waals surface area contributed by atoms with Crippen LogP contribution in [0.2, 0.25) is 0 Å². The molecule has 0 N–H and O–H groups in total. The summed E-state index contributed by atoms with van der Waals surface area (Å²) in [6.07, 6.45) is 18.0. The van der Waals surface area contributed by atoms with Gasteiger partial charge in [-0.2, -0.15) is 0 Å². The van der Waals surface area contributed by atoms with Gasteiger partial charge in [-0.3, -0.25) is 44.9 Å². The Balaban J connectivity index is -0.000000399. The Hall–Kier alpha value is -11.1. The van der Waals surface area contributed by atoms with Crippen LogP contribution in [0, 0.1) is 145 Å². The van der Waals surface area contributed by atoms with Crippen LogP contribution in [0.15, 0.2) is 201 Å². The maximum Gasteiger partial charge on any atom is 0.129 e. The van der Waals surface area contributed by atoms with Gasteiger partial charge in [-0.15, -0.1) is 0 Å². The zero-order valence-corrected chi connectivity index (χ0v) is 81.8. The molecule has 0 atom stereocenters. The van der Waals surface area contributed by atoms with Crippen molar-refractivity contribution < 1.29 is 0 Å². The standard InChI is InChI=1S/C18H14.2C11H11N.3C7H9N.C6H9N3.3C6H8N2.10C2H6/c1-11-3-5-13-8-10-16-12(2)4-6-14-7-9-15(11)17(13)18(14)16;1-8-5-6-9(2)11-10(8)4-3-7-12-11;1-8-7-9(2)12-11-6-4-3-5-10(8)11;1-6-3-7(2)5-8-4-6;1-6-3-4-7(2)8-5-6;1-6-4-3-5-7(2)8-6;1-4-7-5(2)9-6(3)8-4;1-5-3-8-6(2)4-7-5;1-5-3-7-4-6(2)8-5;1-5-3-7-6(2)8-4-5;10*1-2/h3-10H,1-2H3;2*3-7H,1-2H3;3*3-5H,1-2H3;1-3H3;3*3-4H,1-2H3;10*1-2H3. The van der Waals surface area contributed by atoms with Crippen molar-refractivity contribution in [2.75, 3.05) is 0 Å². The molecule has 15 rings (SSSR count). The first-order valence-electron chi connectivity index (χ1n) is 43.1. The van der Waals surface area contributed by atoms with E-state index in [0.717, 1.165) is 85.4 Å². The van der Waals surface area contributed by atoms with Crippen LogP contribution in [-0.4, -0.2) is 69.8 Å². The summed E-state index contributed by atoms with van der Waals surface area (Å²) in [7, 11) is 0. The van der Waals surface area contributed by atoms with Gasteiger partial charge in [0.1, 0.15) is 23.3 Å². The van der Waals surface area contributed by atoms with Gasteiger partial charge in [-0.05, 0) is 264 Å². The Bertz CT molecular complexity index is 4490. The van der Waals surface area contributed by atoms with Gasteiger partial charge in [0.05, 0.1) is 33.8 Å². The molecule has 9 aromatic heterocycles. The molecule has 0 unspecified atom stereocenters. The Labute approximate surface area is 723 Å². The van der Waals surface area contributed by atoms with Crippen LogP contribution in [0.5, 0.6) is 0 Å². The van der Waals surface area contributed by atoms with Crippen LogP contribution in [0.4, 0.5) is 0 Å². The Morgan fingerprint density at radius 2 is 0.571 bits per heavy atom. The smallest absolute Gasteiger partial charge is 0.129 e. The van der Waals surface area contributed by atoms with Crippen molar-refractivity contribution in [1.82, 2.24) is 69.8 Å². The lowest BCUT2D eigenvalue weighted by molar-refractivity contribution is 0.875. The van der Waals surface area contributed by atoms with Gasteiger partial charge in [0.15, 0.2) is 0 Å². The number of aryl methyl sites for hydroxylation is 21. The maximum absolute atomic E-state index is 4.44. The van der Waals surface area contributed by atoms with Crippen molar-refractivity contribution in [3.8, 4) is 0 Å². The molecule has 0 bridgehead atoms. The third kappa shape index (κ3) is 48.4. The predicted molar refractivity (Wildman–Crippen MR) is 525 cm³/mol. The fourth-order valence-electron chi connectivity index (χ4n) is 10.3. The summed E-state index contributed by atoms with van der Waals surface area (Å²) in [5.74, 6) is 3.20. The number of fused-ring (bicyclic) bond motifs is 2. The van der Waals surface area contributed by atoms with E-state index < -0.39 is 0 Å². The number of benzene rings is 6. The number of aromatic nitrogens is 14. The fourth-order valence-corrected chi connectivity index (χ4v) is 10.3. The van der Waals surface area contributed by atoms with Crippen molar-refractivity contribution in [2.45, 2.75) is 284 Å². The van der Waals surface area contributed by atoms with Crippen LogP contribution in [0.1, 0.15) is 257 Å². The lowest BCUT2D eigenvalue weighted by atomic mass is 9.91. The number of para-hydroxylation sites is 1. The summed E-state index contributed by atoms with van der Waals surface area (Å²) < 4.78 is 0. The van der Waals surface area contributed by atoms with Gasteiger partial charge in [-0.1, -0.05) is 242 Å². The van der Waals surface area contributed by atoms with Crippen molar-refractivity contribution in [3.63, 3.8) is 0 Å². The second-order valence-corrected chi connectivity index (χ2v) is 24.7. The number of rotatable bonds is 0. The normalized spacial score (nSPS) is 8.88. The van der Waals surface area contributed by atoms with Crippen LogP contribution >= 0.6 is 0 Å². The molecule has 0 saturated carbocycles. The van der Waals surface area contributed by atoms with Gasteiger partial charge >= 0.3 is 0 Å². The molecule has 14 nitrogen and oxygen atoms in total. The van der Waals surface area contributed by atoms with E-state index in [-0.39, 0.29) is 0 Å². The van der Waals surface area contributed by atoms with Crippen LogP contribution in [0.3, 0.4) is 0 Å². The quantitative estimate of drug-likeness (QED) is 0.131. The van der Waals surface area contributed by atoms with Crippen molar-refractivity contribution in [1.29, 1.82) is 0 Å². The van der Waals surface area contributed by atoms with E-state index in [4.69, 9.17) is 0 Å². The maximum atomic E-state index is 4.44. The third-order valence-electron chi connectivity index (χ3n) is 15.1. The zero-order chi connectivity index (χ0) is 92.1. The van der Waals surface area contributed by atoms with Crippen LogP contribution < -0.4 is 0 Å². The predicted octanol–water partition coefficient (Wildman–Crippen LogP) is 30.3. The van der Waals surface area contributed by atoms with Crippen molar-refractivity contribution in [3.05, 3.63) is 320 Å². The monoisotopic (exact) mass is 1610 g/mol. The SMILES string of the molecule is CC.CC.CC.CC.CC.CC.CC.CC.CC.CC.Cc1cc(C)c2ccccc2n1.Cc1ccc(C)c2ncccc12.Cc1ccc(C)nc1.Cc1ccc2ccc3c(C)ccc4ccc1c2c43.Cc1cccc(C)n1.Cc1cnc(C)cn1.Cc1cnc(C)nc1.Cc1cncc(C)c1.Cc1cncc(C)n1.Cc1nc(C)nc(C)n1. The van der Waals surface area contributed by atoms with Crippen LogP contribution in [-0.2, 0) is 0 Å². The van der Waals surface area contributed by atoms with Gasteiger partial charge in [0.25, 0.3) is 0 Å². The number of hydrogen-bond donors (Lipinski definition) is 0. The van der Waals surface area contributed by atoms with Gasteiger partial charge in [0, 0.05) is 95.5 Å². The zero-order valence-electron chi connectivity index (χ0n) is 81.8. The van der Waals surface area contributed by atoms with E-state index in [1.165, 1.54) is 87.6 Å². The molecule has 9 heterocycles. The van der Waals surface area contributed by atoms with E-state index in [1.54, 1.807) is 24.8 Å². The minimum atomic E-state index is 0.792. The van der Waals surface area contributed by atoms with E-state index in [1.807, 2.05) is 329 Å². The molecule has 0 aliphatic heterocycles. The first-order valence-corrected chi connectivity index (χ1v) is 43.1. The van der Waals surface area contributed by atoms with E-state index in [9.17, 15) is 0 Å².